The molecule has 138 valence electrons. The lowest BCUT2D eigenvalue weighted by Crippen LogP contribution is -2.47. The summed E-state index contributed by atoms with van der Waals surface area (Å²) in [6.07, 6.45) is 0.872. The first-order chi connectivity index (χ1) is 11.9. The van der Waals surface area contributed by atoms with Gasteiger partial charge in [-0.05, 0) is 38.0 Å². The molecule has 1 heterocycles. The number of nitrogens with two attached hydrogens (primary N) is 1. The van der Waals surface area contributed by atoms with Gasteiger partial charge in [0, 0.05) is 36.6 Å². The fraction of sp³-hybridized carbons (Fsp3) is 0.556. The molecule has 0 saturated carbocycles. The van der Waals surface area contributed by atoms with Crippen molar-refractivity contribution in [3.63, 3.8) is 0 Å². The maximum Gasteiger partial charge on any atom is 0.243 e. The SMILES string of the molecule is CC(C)NC(=O)[C@@H]1C[C@@H](N)CN1C(=O)CCSCc1ccc(F)cc1. The normalized spacial score (nSPS) is 20.1. The van der Waals surface area contributed by atoms with Crippen LogP contribution in [0.3, 0.4) is 0 Å². The van der Waals surface area contributed by atoms with E-state index in [1.54, 1.807) is 28.8 Å². The van der Waals surface area contributed by atoms with Gasteiger partial charge in [0.2, 0.25) is 11.8 Å². The molecule has 1 saturated heterocycles. The van der Waals surface area contributed by atoms with Gasteiger partial charge in [0.1, 0.15) is 11.9 Å². The summed E-state index contributed by atoms with van der Waals surface area (Å²) in [5.41, 5.74) is 6.98. The van der Waals surface area contributed by atoms with Crippen molar-refractivity contribution < 1.29 is 14.0 Å². The van der Waals surface area contributed by atoms with E-state index in [9.17, 15) is 14.0 Å². The van der Waals surface area contributed by atoms with E-state index in [1.165, 1.54) is 12.1 Å². The summed E-state index contributed by atoms with van der Waals surface area (Å²) < 4.78 is 12.9. The summed E-state index contributed by atoms with van der Waals surface area (Å²) in [5.74, 6) is 0.962. The lowest BCUT2D eigenvalue weighted by Gasteiger charge is -2.24. The average molecular weight is 367 g/mol. The second kappa shape index (κ2) is 9.20. The molecule has 0 radical (unpaired) electrons. The minimum Gasteiger partial charge on any atom is -0.352 e. The number of hydrogen-bond donors (Lipinski definition) is 2. The Morgan fingerprint density at radius 1 is 1.36 bits per heavy atom. The van der Waals surface area contributed by atoms with Crippen molar-refractivity contribution in [2.45, 2.75) is 50.6 Å². The van der Waals surface area contributed by atoms with E-state index < -0.39 is 6.04 Å². The molecule has 0 aromatic heterocycles. The van der Waals surface area contributed by atoms with Gasteiger partial charge in [-0.3, -0.25) is 9.59 Å². The van der Waals surface area contributed by atoms with Gasteiger partial charge in [-0.15, -0.1) is 0 Å². The van der Waals surface area contributed by atoms with Crippen LogP contribution < -0.4 is 11.1 Å². The van der Waals surface area contributed by atoms with Crippen LogP contribution in [0.4, 0.5) is 4.39 Å². The van der Waals surface area contributed by atoms with Crippen LogP contribution in [0.2, 0.25) is 0 Å². The van der Waals surface area contributed by atoms with Crippen LogP contribution in [-0.2, 0) is 15.3 Å². The van der Waals surface area contributed by atoms with Crippen LogP contribution >= 0.6 is 11.8 Å². The number of halogens is 1. The van der Waals surface area contributed by atoms with Gasteiger partial charge in [-0.25, -0.2) is 4.39 Å². The molecule has 2 rings (SSSR count). The minimum absolute atomic E-state index is 0.0348. The molecule has 0 unspecified atom stereocenters. The molecule has 1 fully saturated rings. The van der Waals surface area contributed by atoms with Crippen LogP contribution in [0, 0.1) is 5.82 Å². The molecule has 1 aliphatic rings. The van der Waals surface area contributed by atoms with Gasteiger partial charge in [-0.1, -0.05) is 12.1 Å². The van der Waals surface area contributed by atoms with Crippen molar-refractivity contribution in [3.05, 3.63) is 35.6 Å². The third-order valence-corrected chi connectivity index (χ3v) is 5.06. The van der Waals surface area contributed by atoms with Gasteiger partial charge >= 0.3 is 0 Å². The molecule has 0 aliphatic carbocycles. The average Bonchev–Trinajstić information content (AvgIpc) is 2.94. The van der Waals surface area contributed by atoms with E-state index in [1.807, 2.05) is 13.8 Å². The highest BCUT2D eigenvalue weighted by Crippen LogP contribution is 2.20. The number of benzene rings is 1. The molecule has 0 bridgehead atoms. The first kappa shape index (κ1) is 19.7. The predicted octanol–water partition coefficient (Wildman–Crippen LogP) is 1.90. The van der Waals surface area contributed by atoms with Crippen LogP contribution in [0.15, 0.2) is 24.3 Å². The van der Waals surface area contributed by atoms with Crippen LogP contribution in [0.5, 0.6) is 0 Å². The van der Waals surface area contributed by atoms with Gasteiger partial charge in [0.15, 0.2) is 0 Å². The topological polar surface area (TPSA) is 75.4 Å². The number of nitrogens with one attached hydrogen (secondary N) is 1. The molecule has 1 aliphatic heterocycles. The van der Waals surface area contributed by atoms with E-state index >= 15 is 0 Å². The van der Waals surface area contributed by atoms with E-state index in [2.05, 4.69) is 5.32 Å². The minimum atomic E-state index is -0.466. The Bertz CT molecular complexity index is 594. The van der Waals surface area contributed by atoms with Crippen LogP contribution in [-0.4, -0.2) is 47.1 Å². The summed E-state index contributed by atoms with van der Waals surface area (Å²) in [6.45, 7) is 4.22. The Morgan fingerprint density at radius 3 is 2.68 bits per heavy atom. The highest BCUT2D eigenvalue weighted by molar-refractivity contribution is 7.98. The first-order valence-corrected chi connectivity index (χ1v) is 9.70. The number of nitrogens with zero attached hydrogens (tertiary/aromatic N) is 1. The zero-order valence-electron chi connectivity index (χ0n) is 14.7. The summed E-state index contributed by atoms with van der Waals surface area (Å²) in [5, 5.41) is 2.86. The fourth-order valence-electron chi connectivity index (χ4n) is 2.85. The Morgan fingerprint density at radius 2 is 2.04 bits per heavy atom. The molecule has 7 heteroatoms. The second-order valence-corrected chi connectivity index (χ2v) is 7.76. The fourth-order valence-corrected chi connectivity index (χ4v) is 3.74. The molecule has 2 amide bonds. The van der Waals surface area contributed by atoms with Crippen LogP contribution in [0.25, 0.3) is 0 Å². The molecule has 1 aromatic rings. The number of amides is 2. The largest absolute Gasteiger partial charge is 0.352 e. The van der Waals surface area contributed by atoms with Crippen molar-refractivity contribution in [1.82, 2.24) is 10.2 Å². The maximum absolute atomic E-state index is 12.9. The molecular weight excluding hydrogens is 341 g/mol. The van der Waals surface area contributed by atoms with E-state index in [0.717, 1.165) is 11.3 Å². The lowest BCUT2D eigenvalue weighted by molar-refractivity contribution is -0.138. The van der Waals surface area contributed by atoms with Crippen molar-refractivity contribution in [3.8, 4) is 0 Å². The highest BCUT2D eigenvalue weighted by Gasteiger charge is 2.37. The number of hydrogen-bond acceptors (Lipinski definition) is 4. The Balaban J connectivity index is 1.80. The smallest absolute Gasteiger partial charge is 0.243 e. The van der Waals surface area contributed by atoms with E-state index in [4.69, 9.17) is 5.73 Å². The molecule has 2 atom stereocenters. The molecule has 1 aromatic carbocycles. The molecular formula is C18H26FN3O2S. The molecule has 25 heavy (non-hydrogen) atoms. The van der Waals surface area contributed by atoms with Crippen molar-refractivity contribution in [1.29, 1.82) is 0 Å². The first-order valence-electron chi connectivity index (χ1n) is 8.54. The van der Waals surface area contributed by atoms with E-state index in [0.29, 0.717) is 25.1 Å². The summed E-state index contributed by atoms with van der Waals surface area (Å²) in [4.78, 5) is 26.3. The summed E-state index contributed by atoms with van der Waals surface area (Å²) in [6, 6.07) is 5.78. The third kappa shape index (κ3) is 6.01. The zero-order chi connectivity index (χ0) is 18.4. The monoisotopic (exact) mass is 367 g/mol. The van der Waals surface area contributed by atoms with Crippen molar-refractivity contribution >= 4 is 23.6 Å². The highest BCUT2D eigenvalue weighted by atomic mass is 32.2. The van der Waals surface area contributed by atoms with E-state index in [-0.39, 0.29) is 29.7 Å². The lowest BCUT2D eigenvalue weighted by atomic mass is 10.1. The zero-order valence-corrected chi connectivity index (χ0v) is 15.5. The quantitative estimate of drug-likeness (QED) is 0.722. The number of carbonyl (C=O) groups is 2. The third-order valence-electron chi connectivity index (χ3n) is 4.03. The Hall–Kier alpha value is -1.60. The van der Waals surface area contributed by atoms with Crippen LogP contribution in [0.1, 0.15) is 32.3 Å². The van der Waals surface area contributed by atoms with Gasteiger partial charge in [0.25, 0.3) is 0 Å². The maximum atomic E-state index is 12.9. The standard InChI is InChI=1S/C18H26FN3O2S/c1-12(2)21-18(24)16-9-15(20)10-22(16)17(23)7-8-25-11-13-3-5-14(19)6-4-13/h3-6,12,15-16H,7-11,20H2,1-2H3,(H,21,24)/t15-,16+/m1/s1. The molecule has 3 N–H and O–H groups in total. The second-order valence-electron chi connectivity index (χ2n) is 6.65. The van der Waals surface area contributed by atoms with Crippen molar-refractivity contribution in [2.24, 2.45) is 5.73 Å². The number of thioether (sulfide) groups is 1. The predicted molar refractivity (Wildman–Crippen MR) is 98.6 cm³/mol. The Kier molecular flexibility index (Phi) is 7.25. The molecule has 5 nitrogen and oxygen atoms in total. The van der Waals surface area contributed by atoms with Gasteiger partial charge < -0.3 is 16.0 Å². The van der Waals surface area contributed by atoms with Gasteiger partial charge in [-0.2, -0.15) is 11.8 Å². The summed E-state index contributed by atoms with van der Waals surface area (Å²) in [7, 11) is 0. The number of carbonyl (C=O) groups excluding carboxylic acids is 2. The number of rotatable bonds is 7. The Labute approximate surface area is 152 Å². The van der Waals surface area contributed by atoms with Crippen molar-refractivity contribution in [2.75, 3.05) is 12.3 Å². The molecule has 0 spiro atoms. The van der Waals surface area contributed by atoms with Gasteiger partial charge in [0.05, 0.1) is 0 Å². The summed E-state index contributed by atoms with van der Waals surface area (Å²) >= 11 is 1.62. The number of likely N-dealkylation sites (tertiary alicyclic amines) is 1.